The molecule has 9 nitrogen and oxygen atoms in total. The monoisotopic (exact) mass is 584 g/mol. The summed E-state index contributed by atoms with van der Waals surface area (Å²) in [6, 6.07) is 6.37. The van der Waals surface area contributed by atoms with E-state index in [0.717, 1.165) is 63.0 Å². The number of rotatable bonds is 14. The van der Waals surface area contributed by atoms with Crippen molar-refractivity contribution in [2.75, 3.05) is 54.6 Å². The number of ether oxygens (including phenoxy) is 4. The van der Waals surface area contributed by atoms with E-state index in [4.69, 9.17) is 18.9 Å². The summed E-state index contributed by atoms with van der Waals surface area (Å²) in [5.41, 5.74) is 1.77. The van der Waals surface area contributed by atoms with Crippen LogP contribution in [0.25, 0.3) is 0 Å². The number of nitrogens with zero attached hydrogens (tertiary/aromatic N) is 2. The smallest absolute Gasteiger partial charge is 0.133 e. The van der Waals surface area contributed by atoms with Crippen LogP contribution in [-0.2, 0) is 4.79 Å². The summed E-state index contributed by atoms with van der Waals surface area (Å²) in [5.74, 6) is 2.68. The van der Waals surface area contributed by atoms with E-state index in [1.54, 1.807) is 52.7 Å². The highest BCUT2D eigenvalue weighted by Crippen LogP contribution is 2.45. The second kappa shape index (κ2) is 15.3. The number of ketones is 1. The van der Waals surface area contributed by atoms with E-state index in [0.29, 0.717) is 48.7 Å². The maximum atomic E-state index is 13.6. The molecule has 2 atom stereocenters. The molecule has 2 heterocycles. The summed E-state index contributed by atoms with van der Waals surface area (Å²) >= 11 is 0. The van der Waals surface area contributed by atoms with E-state index >= 15 is 0 Å². The van der Waals surface area contributed by atoms with Gasteiger partial charge in [0.25, 0.3) is 0 Å². The normalized spacial score (nSPS) is 17.8. The van der Waals surface area contributed by atoms with E-state index in [1.165, 1.54) is 12.8 Å². The van der Waals surface area contributed by atoms with Crippen LogP contribution in [0.3, 0.4) is 0 Å². The molecule has 0 saturated carbocycles. The molecule has 2 aromatic rings. The molecule has 2 aliphatic heterocycles. The minimum absolute atomic E-state index is 0.0603. The molecule has 232 valence electrons. The third-order valence-corrected chi connectivity index (χ3v) is 8.78. The second-order valence-corrected chi connectivity index (χ2v) is 11.4. The SMILES string of the molecule is COc1cc(O)cc(OC)c1C(CCC(=O)CCC(c1c(OC)cc(O)cc1OC)N1CCCCC1)N1CCCCC1. The molecule has 4 rings (SSSR count). The lowest BCUT2D eigenvalue weighted by molar-refractivity contribution is -0.119. The lowest BCUT2D eigenvalue weighted by Gasteiger charge is -2.37. The molecule has 0 bridgehead atoms. The molecular weight excluding hydrogens is 536 g/mol. The van der Waals surface area contributed by atoms with Gasteiger partial charge in [0, 0.05) is 49.2 Å². The quantitative estimate of drug-likeness (QED) is 0.276. The molecule has 2 saturated heterocycles. The molecule has 2 aromatic carbocycles. The van der Waals surface area contributed by atoms with Crippen molar-refractivity contribution in [1.82, 2.24) is 9.80 Å². The highest BCUT2D eigenvalue weighted by molar-refractivity contribution is 5.78. The molecule has 0 spiro atoms. The van der Waals surface area contributed by atoms with E-state index in [1.807, 2.05) is 0 Å². The minimum atomic E-state index is -0.0603. The van der Waals surface area contributed by atoms with E-state index in [-0.39, 0.29) is 29.4 Å². The fourth-order valence-electron chi connectivity index (χ4n) is 6.71. The van der Waals surface area contributed by atoms with Gasteiger partial charge in [0.05, 0.1) is 39.6 Å². The summed E-state index contributed by atoms with van der Waals surface area (Å²) in [5, 5.41) is 20.5. The second-order valence-electron chi connectivity index (χ2n) is 11.4. The zero-order valence-electron chi connectivity index (χ0n) is 25.7. The standard InChI is InChI=1S/C33H48N2O7/c1-39-28-19-24(37)20-29(40-2)32(28)26(34-15-7-5-8-16-34)13-11-23(36)12-14-27(35-17-9-6-10-18-35)33-30(41-3)21-25(38)22-31(33)42-4/h19-22,26-27,37-38H,5-18H2,1-4H3. The predicted octanol–water partition coefficient (Wildman–Crippen LogP) is 6.02. The Hall–Kier alpha value is -3.17. The summed E-state index contributed by atoms with van der Waals surface area (Å²) < 4.78 is 22.8. The van der Waals surface area contributed by atoms with Crippen molar-refractivity contribution in [3.05, 3.63) is 35.4 Å². The third kappa shape index (κ3) is 7.61. The average Bonchev–Trinajstić information content (AvgIpc) is 3.02. The number of piperidine rings is 2. The molecule has 9 heteroatoms. The van der Waals surface area contributed by atoms with Gasteiger partial charge in [-0.25, -0.2) is 0 Å². The van der Waals surface area contributed by atoms with Crippen molar-refractivity contribution in [1.29, 1.82) is 0 Å². The number of hydrogen-bond donors (Lipinski definition) is 2. The van der Waals surface area contributed by atoms with E-state index < -0.39 is 0 Å². The number of aromatic hydroxyl groups is 2. The number of likely N-dealkylation sites (tertiary alicyclic amines) is 2. The van der Waals surface area contributed by atoms with Gasteiger partial charge >= 0.3 is 0 Å². The number of carbonyl (C=O) groups excluding carboxylic acids is 1. The molecule has 0 aliphatic carbocycles. The van der Waals surface area contributed by atoms with Crippen LogP contribution in [0.2, 0.25) is 0 Å². The van der Waals surface area contributed by atoms with Gasteiger partial charge in [0.15, 0.2) is 0 Å². The number of carbonyl (C=O) groups is 1. The van der Waals surface area contributed by atoms with Gasteiger partial charge in [-0.3, -0.25) is 14.6 Å². The van der Waals surface area contributed by atoms with Gasteiger partial charge in [-0.1, -0.05) is 12.8 Å². The molecule has 42 heavy (non-hydrogen) atoms. The lowest BCUT2D eigenvalue weighted by atomic mass is 9.92. The highest BCUT2D eigenvalue weighted by atomic mass is 16.5. The highest BCUT2D eigenvalue weighted by Gasteiger charge is 2.31. The zero-order chi connectivity index (χ0) is 30.1. The van der Waals surface area contributed by atoms with Crippen LogP contribution in [0.15, 0.2) is 24.3 Å². The topological polar surface area (TPSA) is 101 Å². The Balaban J connectivity index is 1.54. The molecular formula is C33H48N2O7. The summed E-state index contributed by atoms with van der Waals surface area (Å²) in [7, 11) is 6.40. The Morgan fingerprint density at radius 1 is 0.619 bits per heavy atom. The van der Waals surface area contributed by atoms with Crippen molar-refractivity contribution in [2.24, 2.45) is 0 Å². The van der Waals surface area contributed by atoms with Crippen LogP contribution < -0.4 is 18.9 Å². The number of phenols is 2. The van der Waals surface area contributed by atoms with Gasteiger partial charge < -0.3 is 29.2 Å². The number of benzene rings is 2. The van der Waals surface area contributed by atoms with Crippen LogP contribution in [0.5, 0.6) is 34.5 Å². The molecule has 2 fully saturated rings. The first-order valence-corrected chi connectivity index (χ1v) is 15.3. The Labute approximate surface area is 250 Å². The largest absolute Gasteiger partial charge is 0.508 e. The van der Waals surface area contributed by atoms with Gasteiger partial charge in [-0.15, -0.1) is 0 Å². The maximum Gasteiger partial charge on any atom is 0.133 e. The predicted molar refractivity (Wildman–Crippen MR) is 162 cm³/mol. The third-order valence-electron chi connectivity index (χ3n) is 8.78. The van der Waals surface area contributed by atoms with Crippen molar-refractivity contribution in [3.63, 3.8) is 0 Å². The average molecular weight is 585 g/mol. The van der Waals surface area contributed by atoms with Crippen LogP contribution in [0, 0.1) is 0 Å². The molecule has 2 unspecified atom stereocenters. The van der Waals surface area contributed by atoms with Gasteiger partial charge in [-0.05, 0) is 64.7 Å². The fraction of sp³-hybridized carbons (Fsp3) is 0.606. The van der Waals surface area contributed by atoms with Gasteiger partial charge in [0.2, 0.25) is 0 Å². The van der Waals surface area contributed by atoms with Crippen LogP contribution in [-0.4, -0.2) is 80.4 Å². The van der Waals surface area contributed by atoms with E-state index in [2.05, 4.69) is 9.80 Å². The summed E-state index contributed by atoms with van der Waals surface area (Å²) in [6.07, 6.45) is 8.97. The maximum absolute atomic E-state index is 13.6. The summed E-state index contributed by atoms with van der Waals surface area (Å²) in [4.78, 5) is 18.4. The van der Waals surface area contributed by atoms with Gasteiger partial charge in [-0.2, -0.15) is 0 Å². The first-order chi connectivity index (χ1) is 20.4. The molecule has 2 aliphatic rings. The van der Waals surface area contributed by atoms with Crippen LogP contribution in [0.4, 0.5) is 0 Å². The Morgan fingerprint density at radius 3 is 1.21 bits per heavy atom. The minimum Gasteiger partial charge on any atom is -0.508 e. The molecule has 0 aromatic heterocycles. The zero-order valence-corrected chi connectivity index (χ0v) is 25.7. The van der Waals surface area contributed by atoms with E-state index in [9.17, 15) is 15.0 Å². The van der Waals surface area contributed by atoms with Crippen molar-refractivity contribution in [2.45, 2.75) is 76.3 Å². The Morgan fingerprint density at radius 2 is 0.929 bits per heavy atom. The van der Waals surface area contributed by atoms with Crippen LogP contribution in [0.1, 0.15) is 87.4 Å². The van der Waals surface area contributed by atoms with Crippen molar-refractivity contribution in [3.8, 4) is 34.5 Å². The first-order valence-electron chi connectivity index (χ1n) is 15.3. The number of phenolic OH excluding ortho intramolecular Hbond substituents is 2. The molecule has 2 N–H and O–H groups in total. The lowest BCUT2D eigenvalue weighted by Crippen LogP contribution is -2.35. The van der Waals surface area contributed by atoms with Gasteiger partial charge in [0.1, 0.15) is 40.3 Å². The number of Topliss-reactive ketones (excluding diaryl/α,β-unsaturated/α-hetero) is 1. The van der Waals surface area contributed by atoms with Crippen molar-refractivity contribution < 1.29 is 34.0 Å². The van der Waals surface area contributed by atoms with Crippen molar-refractivity contribution >= 4 is 5.78 Å². The number of methoxy groups -OCH3 is 4. The fourth-order valence-corrected chi connectivity index (χ4v) is 6.71. The number of hydrogen-bond acceptors (Lipinski definition) is 9. The van der Waals surface area contributed by atoms with Crippen LogP contribution >= 0.6 is 0 Å². The molecule has 0 radical (unpaired) electrons. The summed E-state index contributed by atoms with van der Waals surface area (Å²) in [6.45, 7) is 3.79. The molecule has 0 amide bonds. The Bertz CT molecular complexity index is 1040. The Kier molecular flexibility index (Phi) is 11.6. The first kappa shape index (κ1) is 31.8.